The molecule has 1 N–H and O–H groups in total. The molecule has 0 aliphatic heterocycles. The van der Waals surface area contributed by atoms with Gasteiger partial charge >= 0.3 is 6.18 Å². The summed E-state index contributed by atoms with van der Waals surface area (Å²) in [6.45, 7) is 0. The van der Waals surface area contributed by atoms with Gasteiger partial charge in [-0.2, -0.15) is 13.2 Å². The molecule has 0 saturated carbocycles. The van der Waals surface area contributed by atoms with Gasteiger partial charge in [0.1, 0.15) is 11.8 Å². The van der Waals surface area contributed by atoms with E-state index >= 15 is 0 Å². The summed E-state index contributed by atoms with van der Waals surface area (Å²) in [4.78, 5) is 23.7. The van der Waals surface area contributed by atoms with Gasteiger partial charge < -0.3 is 4.98 Å². The summed E-state index contributed by atoms with van der Waals surface area (Å²) in [5.41, 5.74) is -1.30. The predicted molar refractivity (Wildman–Crippen MR) is 62.9 cm³/mol. The topological polar surface area (TPSA) is 49.9 Å². The number of H-pyrrole nitrogens is 1. The Balaban J connectivity index is 2.51. The molecular weight excluding hydrogens is 259 g/mol. The van der Waals surface area contributed by atoms with Crippen molar-refractivity contribution in [2.75, 3.05) is 0 Å². The van der Waals surface area contributed by atoms with Crippen LogP contribution in [-0.2, 0) is 6.18 Å². The molecular formula is C13H8F3NO2. The molecule has 0 radical (unpaired) electrons. The van der Waals surface area contributed by atoms with Crippen LogP contribution in [0.15, 0.2) is 41.3 Å². The molecule has 2 aromatic rings. The standard InChI is InChI=1S/C13H8F3NO2/c14-13(15,16)11-5-10(6-17-12(11)19)9-3-1-8(7-18)2-4-9/h1-7H,(H,17,19). The van der Waals surface area contributed by atoms with Crippen LogP contribution in [-0.4, -0.2) is 11.3 Å². The molecule has 1 aromatic heterocycles. The number of carbonyl (C=O) groups excluding carboxylic acids is 1. The van der Waals surface area contributed by atoms with Gasteiger partial charge in [-0.1, -0.05) is 24.3 Å². The first-order valence-corrected chi connectivity index (χ1v) is 5.27. The third-order valence-electron chi connectivity index (χ3n) is 2.59. The van der Waals surface area contributed by atoms with Crippen LogP contribution in [0.3, 0.4) is 0 Å². The van der Waals surface area contributed by atoms with Gasteiger partial charge in [0.25, 0.3) is 5.56 Å². The smallest absolute Gasteiger partial charge is 0.328 e. The zero-order valence-electron chi connectivity index (χ0n) is 9.49. The lowest BCUT2D eigenvalue weighted by molar-refractivity contribution is -0.138. The number of carbonyl (C=O) groups is 1. The number of pyridine rings is 1. The van der Waals surface area contributed by atoms with Crippen LogP contribution >= 0.6 is 0 Å². The molecule has 2 rings (SSSR count). The van der Waals surface area contributed by atoms with Crippen molar-refractivity contribution in [2.45, 2.75) is 6.18 Å². The van der Waals surface area contributed by atoms with Crippen LogP contribution in [0.2, 0.25) is 0 Å². The van der Waals surface area contributed by atoms with Crippen molar-refractivity contribution in [3.8, 4) is 11.1 Å². The summed E-state index contributed by atoms with van der Waals surface area (Å²) in [6.07, 6.45) is -2.86. The SMILES string of the molecule is O=Cc1ccc(-c2c[nH]c(=O)c(C(F)(F)F)c2)cc1. The Morgan fingerprint density at radius 1 is 1.05 bits per heavy atom. The van der Waals surface area contributed by atoms with Crippen LogP contribution < -0.4 is 5.56 Å². The molecule has 0 aliphatic rings. The molecule has 6 heteroatoms. The number of hydrogen-bond donors (Lipinski definition) is 1. The lowest BCUT2D eigenvalue weighted by Crippen LogP contribution is -2.20. The van der Waals surface area contributed by atoms with Gasteiger partial charge in [-0.3, -0.25) is 9.59 Å². The monoisotopic (exact) mass is 267 g/mol. The molecule has 3 nitrogen and oxygen atoms in total. The number of aldehydes is 1. The molecule has 0 saturated heterocycles. The average Bonchev–Trinajstić information content (AvgIpc) is 2.38. The van der Waals surface area contributed by atoms with Crippen LogP contribution in [0.1, 0.15) is 15.9 Å². The van der Waals surface area contributed by atoms with Crippen LogP contribution in [0, 0.1) is 0 Å². The first-order valence-electron chi connectivity index (χ1n) is 5.27. The molecule has 0 spiro atoms. The normalized spacial score (nSPS) is 11.3. The summed E-state index contributed by atoms with van der Waals surface area (Å²) >= 11 is 0. The molecule has 1 heterocycles. The quantitative estimate of drug-likeness (QED) is 0.850. The number of aromatic amines is 1. The Kier molecular flexibility index (Phi) is 3.25. The molecule has 0 atom stereocenters. The number of alkyl halides is 3. The molecule has 0 bridgehead atoms. The van der Waals surface area contributed by atoms with E-state index in [4.69, 9.17) is 0 Å². The highest BCUT2D eigenvalue weighted by atomic mass is 19.4. The van der Waals surface area contributed by atoms with Gasteiger partial charge in [0.05, 0.1) is 0 Å². The van der Waals surface area contributed by atoms with E-state index in [2.05, 4.69) is 4.98 Å². The maximum atomic E-state index is 12.6. The van der Waals surface area contributed by atoms with E-state index < -0.39 is 17.3 Å². The zero-order valence-corrected chi connectivity index (χ0v) is 9.49. The highest BCUT2D eigenvalue weighted by molar-refractivity contribution is 5.76. The first kappa shape index (κ1) is 13.1. The molecule has 0 aliphatic carbocycles. The Morgan fingerprint density at radius 3 is 2.21 bits per heavy atom. The van der Waals surface area contributed by atoms with Gasteiger partial charge in [0, 0.05) is 11.8 Å². The maximum absolute atomic E-state index is 12.6. The number of nitrogens with one attached hydrogen (secondary N) is 1. The maximum Gasteiger partial charge on any atom is 0.421 e. The molecule has 1 aromatic carbocycles. The van der Waals surface area contributed by atoms with E-state index in [0.717, 1.165) is 6.07 Å². The van der Waals surface area contributed by atoms with Crippen molar-refractivity contribution >= 4 is 6.29 Å². The Hall–Kier alpha value is -2.37. The van der Waals surface area contributed by atoms with Crippen LogP contribution in [0.25, 0.3) is 11.1 Å². The second kappa shape index (κ2) is 4.72. The summed E-state index contributed by atoms with van der Waals surface area (Å²) in [5.74, 6) is 0. The van der Waals surface area contributed by atoms with Crippen LogP contribution in [0.5, 0.6) is 0 Å². The number of hydrogen-bond acceptors (Lipinski definition) is 2. The lowest BCUT2D eigenvalue weighted by atomic mass is 10.0. The van der Waals surface area contributed by atoms with E-state index in [-0.39, 0.29) is 5.56 Å². The molecule has 98 valence electrons. The average molecular weight is 267 g/mol. The highest BCUT2D eigenvalue weighted by Gasteiger charge is 2.34. The fourth-order valence-electron chi connectivity index (χ4n) is 1.62. The first-order chi connectivity index (χ1) is 8.91. The molecule has 0 unspecified atom stereocenters. The number of benzene rings is 1. The van der Waals surface area contributed by atoms with E-state index in [1.54, 1.807) is 0 Å². The van der Waals surface area contributed by atoms with Crippen molar-refractivity contribution < 1.29 is 18.0 Å². The fraction of sp³-hybridized carbons (Fsp3) is 0.0769. The van der Waals surface area contributed by atoms with E-state index in [9.17, 15) is 22.8 Å². The Labute approximate surface area is 105 Å². The zero-order chi connectivity index (χ0) is 14.0. The Morgan fingerprint density at radius 2 is 1.68 bits per heavy atom. The number of aromatic nitrogens is 1. The lowest BCUT2D eigenvalue weighted by Gasteiger charge is -2.08. The van der Waals surface area contributed by atoms with Gasteiger partial charge in [0.15, 0.2) is 0 Å². The third kappa shape index (κ3) is 2.73. The van der Waals surface area contributed by atoms with Crippen molar-refractivity contribution in [1.29, 1.82) is 0 Å². The second-order valence-electron chi connectivity index (χ2n) is 3.87. The summed E-state index contributed by atoms with van der Waals surface area (Å²) in [6, 6.07) is 6.78. The van der Waals surface area contributed by atoms with Crippen molar-refractivity contribution in [1.82, 2.24) is 4.98 Å². The van der Waals surface area contributed by atoms with Crippen LogP contribution in [0.4, 0.5) is 13.2 Å². The molecule has 0 amide bonds. The summed E-state index contributed by atoms with van der Waals surface area (Å²) in [5, 5.41) is 0. The minimum Gasteiger partial charge on any atom is -0.328 e. The fourth-order valence-corrected chi connectivity index (χ4v) is 1.62. The van der Waals surface area contributed by atoms with Gasteiger partial charge in [0.2, 0.25) is 0 Å². The Bertz CT molecular complexity index is 657. The number of halogens is 3. The highest BCUT2D eigenvalue weighted by Crippen LogP contribution is 2.29. The van der Waals surface area contributed by atoms with Crippen molar-refractivity contribution in [3.63, 3.8) is 0 Å². The second-order valence-corrected chi connectivity index (χ2v) is 3.87. The molecule has 19 heavy (non-hydrogen) atoms. The van der Waals surface area contributed by atoms with E-state index in [1.165, 1.54) is 30.5 Å². The largest absolute Gasteiger partial charge is 0.421 e. The minimum absolute atomic E-state index is 0.226. The predicted octanol–water partition coefficient (Wildman–Crippen LogP) is 2.87. The number of rotatable bonds is 2. The van der Waals surface area contributed by atoms with E-state index in [1.807, 2.05) is 0 Å². The summed E-state index contributed by atoms with van der Waals surface area (Å²) < 4.78 is 37.8. The van der Waals surface area contributed by atoms with Crippen molar-refractivity contribution in [3.05, 3.63) is 58.0 Å². The summed E-state index contributed by atoms with van der Waals surface area (Å²) in [7, 11) is 0. The van der Waals surface area contributed by atoms with Gasteiger partial charge in [-0.05, 0) is 17.2 Å². The third-order valence-corrected chi connectivity index (χ3v) is 2.59. The van der Waals surface area contributed by atoms with E-state index in [0.29, 0.717) is 17.4 Å². The van der Waals surface area contributed by atoms with Gasteiger partial charge in [-0.25, -0.2) is 0 Å². The van der Waals surface area contributed by atoms with Gasteiger partial charge in [-0.15, -0.1) is 0 Å². The molecule has 0 fully saturated rings. The van der Waals surface area contributed by atoms with Crippen molar-refractivity contribution in [2.24, 2.45) is 0 Å². The minimum atomic E-state index is -4.70.